The standard InChI is InChI=1S/C6H13O4PS3/c1-2-3-4-5-6-8-11(7)9-12-14-13-10-11/h2-6H2,1H3. The maximum atomic E-state index is 11.5. The molecule has 0 bridgehead atoms. The van der Waals surface area contributed by atoms with E-state index in [9.17, 15) is 4.57 Å². The molecule has 1 rings (SSSR count). The summed E-state index contributed by atoms with van der Waals surface area (Å²) in [4.78, 5) is 0. The quantitative estimate of drug-likeness (QED) is 0.304. The van der Waals surface area contributed by atoms with Crippen LogP contribution in [0.15, 0.2) is 0 Å². The lowest BCUT2D eigenvalue weighted by Crippen LogP contribution is -1.96. The van der Waals surface area contributed by atoms with Gasteiger partial charge in [0.05, 0.1) is 28.8 Å². The molecule has 0 amide bonds. The topological polar surface area (TPSA) is 44.8 Å². The van der Waals surface area contributed by atoms with Crippen LogP contribution >= 0.6 is 39.8 Å². The molecule has 4 nitrogen and oxygen atoms in total. The van der Waals surface area contributed by atoms with E-state index in [1.54, 1.807) is 0 Å². The zero-order valence-electron chi connectivity index (χ0n) is 7.84. The van der Waals surface area contributed by atoms with Crippen molar-refractivity contribution in [2.45, 2.75) is 32.6 Å². The predicted molar refractivity (Wildman–Crippen MR) is 62.6 cm³/mol. The summed E-state index contributed by atoms with van der Waals surface area (Å²) in [6.45, 7) is 2.57. The van der Waals surface area contributed by atoms with Crippen molar-refractivity contribution in [3.63, 3.8) is 0 Å². The largest absolute Gasteiger partial charge is 0.498 e. The minimum absolute atomic E-state index is 0.434. The fourth-order valence-corrected chi connectivity index (χ4v) is 6.11. The zero-order valence-corrected chi connectivity index (χ0v) is 11.2. The van der Waals surface area contributed by atoms with Gasteiger partial charge in [-0.25, -0.2) is 12.5 Å². The van der Waals surface area contributed by atoms with Crippen LogP contribution in [0, 0.1) is 0 Å². The van der Waals surface area contributed by atoms with Gasteiger partial charge in [-0.2, -0.15) is 0 Å². The fraction of sp³-hybridized carbons (Fsp3) is 1.00. The second kappa shape index (κ2) is 7.44. The van der Waals surface area contributed by atoms with Gasteiger partial charge >= 0.3 is 7.82 Å². The van der Waals surface area contributed by atoms with Gasteiger partial charge in [0.25, 0.3) is 0 Å². The van der Waals surface area contributed by atoms with Crippen molar-refractivity contribution in [2.75, 3.05) is 6.61 Å². The Balaban J connectivity index is 2.07. The van der Waals surface area contributed by atoms with Gasteiger partial charge in [-0.3, -0.25) is 4.52 Å². The van der Waals surface area contributed by atoms with Crippen LogP contribution < -0.4 is 0 Å². The van der Waals surface area contributed by atoms with E-state index < -0.39 is 7.82 Å². The van der Waals surface area contributed by atoms with Crippen LogP contribution in [-0.2, 0) is 17.0 Å². The van der Waals surface area contributed by atoms with E-state index >= 15 is 0 Å². The molecule has 0 aromatic heterocycles. The van der Waals surface area contributed by atoms with Gasteiger partial charge in [0.1, 0.15) is 0 Å². The number of hydrogen-bond donors (Lipinski definition) is 0. The molecule has 0 N–H and O–H groups in total. The smallest absolute Gasteiger partial charge is 0.286 e. The molecular formula is C6H13O4PS3. The van der Waals surface area contributed by atoms with Crippen molar-refractivity contribution in [1.29, 1.82) is 0 Å². The number of hydrogen-bond acceptors (Lipinski definition) is 7. The predicted octanol–water partition coefficient (Wildman–Crippen LogP) is 4.60. The normalized spacial score (nSPS) is 20.9. The Labute approximate surface area is 96.0 Å². The van der Waals surface area contributed by atoms with Gasteiger partial charge in [-0.1, -0.05) is 26.2 Å². The van der Waals surface area contributed by atoms with E-state index in [0.29, 0.717) is 6.61 Å². The van der Waals surface area contributed by atoms with Gasteiger partial charge in [0, 0.05) is 9.83 Å². The molecule has 84 valence electrons. The molecule has 0 atom stereocenters. The third-order valence-electron chi connectivity index (χ3n) is 1.55. The zero-order chi connectivity index (χ0) is 10.3. The summed E-state index contributed by atoms with van der Waals surface area (Å²) in [7, 11) is -1.98. The van der Waals surface area contributed by atoms with E-state index in [-0.39, 0.29) is 0 Å². The van der Waals surface area contributed by atoms with Crippen LogP contribution in [0.2, 0.25) is 0 Å². The Morgan fingerprint density at radius 3 is 2.57 bits per heavy atom. The number of phosphoric acid groups is 1. The van der Waals surface area contributed by atoms with Crippen LogP contribution in [0.1, 0.15) is 32.6 Å². The van der Waals surface area contributed by atoms with Crippen LogP contribution in [0.4, 0.5) is 0 Å². The first kappa shape index (κ1) is 13.2. The van der Waals surface area contributed by atoms with Crippen molar-refractivity contribution >= 4 is 39.8 Å². The molecule has 1 saturated heterocycles. The minimum atomic E-state index is -3.26. The fourth-order valence-electron chi connectivity index (χ4n) is 0.871. The molecule has 8 heteroatoms. The SMILES string of the molecule is CCCCCCOP1(=O)OSSSO1. The lowest BCUT2D eigenvalue weighted by Gasteiger charge is -2.17. The molecular weight excluding hydrogens is 263 g/mol. The third kappa shape index (κ3) is 5.30. The monoisotopic (exact) mass is 276 g/mol. The molecule has 0 spiro atoms. The molecule has 1 aliphatic rings. The summed E-state index contributed by atoms with van der Waals surface area (Å²) < 4.78 is 26.3. The Morgan fingerprint density at radius 1 is 1.21 bits per heavy atom. The maximum absolute atomic E-state index is 11.5. The Kier molecular flexibility index (Phi) is 7.02. The number of unbranched alkanes of at least 4 members (excludes halogenated alkanes) is 3. The van der Waals surface area contributed by atoms with Crippen LogP contribution in [-0.4, -0.2) is 6.61 Å². The lowest BCUT2D eigenvalue weighted by atomic mass is 10.2. The Morgan fingerprint density at radius 2 is 1.93 bits per heavy atom. The van der Waals surface area contributed by atoms with Crippen LogP contribution in [0.3, 0.4) is 0 Å². The highest BCUT2D eigenvalue weighted by atomic mass is 33.5. The molecule has 0 aliphatic carbocycles. The van der Waals surface area contributed by atoms with Crippen molar-refractivity contribution in [2.24, 2.45) is 0 Å². The molecule has 0 unspecified atom stereocenters. The van der Waals surface area contributed by atoms with Crippen molar-refractivity contribution in [3.05, 3.63) is 0 Å². The minimum Gasteiger partial charge on any atom is -0.286 e. The van der Waals surface area contributed by atoms with E-state index in [1.165, 1.54) is 22.7 Å². The average molecular weight is 276 g/mol. The van der Waals surface area contributed by atoms with Gasteiger partial charge in [-0.15, -0.1) is 0 Å². The van der Waals surface area contributed by atoms with Gasteiger partial charge in [-0.05, 0) is 6.42 Å². The molecule has 14 heavy (non-hydrogen) atoms. The average Bonchev–Trinajstić information content (AvgIpc) is 2.18. The lowest BCUT2D eigenvalue weighted by molar-refractivity contribution is 0.223. The van der Waals surface area contributed by atoms with Crippen LogP contribution in [0.25, 0.3) is 0 Å². The number of rotatable bonds is 6. The summed E-state index contributed by atoms with van der Waals surface area (Å²) in [5, 5.41) is 0. The van der Waals surface area contributed by atoms with E-state index in [0.717, 1.165) is 35.0 Å². The second-order valence-corrected chi connectivity index (χ2v) is 7.90. The van der Waals surface area contributed by atoms with E-state index in [2.05, 4.69) is 6.92 Å². The Hall–Kier alpha value is 1.16. The highest BCUT2D eigenvalue weighted by Gasteiger charge is 2.32. The molecule has 0 radical (unpaired) electrons. The summed E-state index contributed by atoms with van der Waals surface area (Å²) in [6, 6.07) is 0. The first-order chi connectivity index (χ1) is 6.77. The first-order valence-electron chi connectivity index (χ1n) is 4.39. The molecule has 0 aromatic carbocycles. The summed E-state index contributed by atoms with van der Waals surface area (Å²) in [5.74, 6) is 0. The van der Waals surface area contributed by atoms with Crippen molar-refractivity contribution in [1.82, 2.24) is 0 Å². The second-order valence-electron chi connectivity index (χ2n) is 2.69. The molecule has 0 saturated carbocycles. The highest BCUT2D eigenvalue weighted by molar-refractivity contribution is 9.08. The Bertz CT molecular complexity index is 194. The molecule has 1 heterocycles. The van der Waals surface area contributed by atoms with E-state index in [4.69, 9.17) is 12.5 Å². The third-order valence-corrected chi connectivity index (χ3v) is 6.53. The summed E-state index contributed by atoms with van der Waals surface area (Å²) >= 11 is 2.07. The van der Waals surface area contributed by atoms with Gasteiger partial charge in [0.2, 0.25) is 0 Å². The van der Waals surface area contributed by atoms with Crippen LogP contribution in [0.5, 0.6) is 0 Å². The molecule has 1 aliphatic heterocycles. The van der Waals surface area contributed by atoms with Gasteiger partial charge < -0.3 is 0 Å². The van der Waals surface area contributed by atoms with Gasteiger partial charge in [0.15, 0.2) is 0 Å². The van der Waals surface area contributed by atoms with Crippen molar-refractivity contribution in [3.8, 4) is 0 Å². The molecule has 1 fully saturated rings. The van der Waals surface area contributed by atoms with E-state index in [1.807, 2.05) is 0 Å². The molecule has 0 aromatic rings. The summed E-state index contributed by atoms with van der Waals surface area (Å²) in [5.41, 5.74) is 0. The first-order valence-corrected chi connectivity index (χ1v) is 9.19. The summed E-state index contributed by atoms with van der Waals surface area (Å²) in [6.07, 6.45) is 4.33. The van der Waals surface area contributed by atoms with Crippen molar-refractivity contribution < 1.29 is 17.0 Å². The maximum Gasteiger partial charge on any atom is 0.498 e. The highest BCUT2D eigenvalue weighted by Crippen LogP contribution is 2.65.